The number of rotatable bonds is 1. The van der Waals surface area contributed by atoms with Gasteiger partial charge in [0.15, 0.2) is 0 Å². The number of benzene rings is 1. The molecule has 0 fully saturated rings. The standard InChI is InChI=1S/C15H15NO2.C2H6/c1-4-7-10-8-6-9-12-13(10)11(5-2)14(17)16(3)15(12)18;1-2/h4-9H,1-3H3;1-2H3/b7-4-,11-5+;. The van der Waals surface area contributed by atoms with Crippen LogP contribution in [0.4, 0.5) is 0 Å². The van der Waals surface area contributed by atoms with E-state index in [1.165, 1.54) is 7.05 Å². The number of hydrogen-bond donors (Lipinski definition) is 0. The highest BCUT2D eigenvalue weighted by Crippen LogP contribution is 2.31. The third-order valence-corrected chi connectivity index (χ3v) is 3.07. The van der Waals surface area contributed by atoms with E-state index < -0.39 is 0 Å². The Hall–Kier alpha value is -2.16. The number of amides is 2. The lowest BCUT2D eigenvalue weighted by Crippen LogP contribution is -2.38. The predicted molar refractivity (Wildman–Crippen MR) is 83.2 cm³/mol. The van der Waals surface area contributed by atoms with Gasteiger partial charge in [-0.1, -0.05) is 44.2 Å². The van der Waals surface area contributed by atoms with Crippen LogP contribution in [0, 0.1) is 0 Å². The average molecular weight is 271 g/mol. The summed E-state index contributed by atoms with van der Waals surface area (Å²) in [6.07, 6.45) is 5.57. The van der Waals surface area contributed by atoms with E-state index in [1.807, 2.05) is 52.0 Å². The van der Waals surface area contributed by atoms with Gasteiger partial charge in [0.2, 0.25) is 0 Å². The number of fused-ring (bicyclic) bond motifs is 1. The topological polar surface area (TPSA) is 37.4 Å². The lowest BCUT2D eigenvalue weighted by Gasteiger charge is -2.26. The Morgan fingerprint density at radius 2 is 1.70 bits per heavy atom. The molecule has 1 heterocycles. The van der Waals surface area contributed by atoms with Gasteiger partial charge in [0.25, 0.3) is 11.8 Å². The van der Waals surface area contributed by atoms with Crippen molar-refractivity contribution in [2.75, 3.05) is 7.05 Å². The fourth-order valence-electron chi connectivity index (χ4n) is 2.20. The van der Waals surface area contributed by atoms with Crippen molar-refractivity contribution in [2.24, 2.45) is 0 Å². The SMILES string of the molecule is C/C=C\c1cccc2c1/C(=C\C)C(=O)N(C)C2=O.CC. The van der Waals surface area contributed by atoms with Gasteiger partial charge in [-0.2, -0.15) is 0 Å². The molecule has 0 spiro atoms. The number of imide groups is 1. The maximum Gasteiger partial charge on any atom is 0.261 e. The van der Waals surface area contributed by atoms with Gasteiger partial charge in [-0.15, -0.1) is 0 Å². The average Bonchev–Trinajstić information content (AvgIpc) is 2.48. The number of carbonyl (C=O) groups excluding carboxylic acids is 2. The Kier molecular flexibility index (Phi) is 5.44. The number of carbonyl (C=O) groups is 2. The molecule has 0 saturated heterocycles. The van der Waals surface area contributed by atoms with Gasteiger partial charge in [0, 0.05) is 23.7 Å². The first-order valence-corrected chi connectivity index (χ1v) is 6.86. The lowest BCUT2D eigenvalue weighted by molar-refractivity contribution is -0.121. The summed E-state index contributed by atoms with van der Waals surface area (Å²) in [5.74, 6) is -0.487. The van der Waals surface area contributed by atoms with Crippen LogP contribution in [-0.4, -0.2) is 23.8 Å². The normalized spacial score (nSPS) is 16.2. The van der Waals surface area contributed by atoms with Gasteiger partial charge in [0.1, 0.15) is 0 Å². The number of allylic oxidation sites excluding steroid dienone is 2. The van der Waals surface area contributed by atoms with Crippen LogP contribution in [0.5, 0.6) is 0 Å². The molecule has 0 atom stereocenters. The van der Waals surface area contributed by atoms with Gasteiger partial charge >= 0.3 is 0 Å². The molecule has 1 aliphatic rings. The van der Waals surface area contributed by atoms with Gasteiger partial charge in [0.05, 0.1) is 0 Å². The molecule has 1 aliphatic heterocycles. The Morgan fingerprint density at radius 3 is 2.25 bits per heavy atom. The maximum absolute atomic E-state index is 12.1. The van der Waals surface area contributed by atoms with Crippen LogP contribution in [0.3, 0.4) is 0 Å². The summed E-state index contributed by atoms with van der Waals surface area (Å²) in [4.78, 5) is 25.4. The summed E-state index contributed by atoms with van der Waals surface area (Å²) in [6, 6.07) is 5.51. The predicted octanol–water partition coefficient (Wildman–Crippen LogP) is 3.76. The third kappa shape index (κ3) is 2.57. The zero-order valence-electron chi connectivity index (χ0n) is 12.7. The summed E-state index contributed by atoms with van der Waals surface area (Å²) in [6.45, 7) is 7.72. The van der Waals surface area contributed by atoms with Crippen LogP contribution in [0.15, 0.2) is 30.4 Å². The van der Waals surface area contributed by atoms with Crippen LogP contribution in [0.25, 0.3) is 11.6 Å². The molecular formula is C17H21NO2. The summed E-state index contributed by atoms with van der Waals surface area (Å²) >= 11 is 0. The van der Waals surface area contributed by atoms with Crippen molar-refractivity contribution in [3.05, 3.63) is 47.0 Å². The molecule has 0 aliphatic carbocycles. The van der Waals surface area contributed by atoms with Crippen molar-refractivity contribution in [1.82, 2.24) is 4.90 Å². The second-order valence-corrected chi connectivity index (χ2v) is 4.14. The summed E-state index contributed by atoms with van der Waals surface area (Å²) in [5.41, 5.74) is 2.81. The molecule has 0 aromatic heterocycles. The molecule has 0 saturated carbocycles. The van der Waals surface area contributed by atoms with Gasteiger partial charge in [-0.05, 0) is 25.5 Å². The van der Waals surface area contributed by atoms with E-state index in [4.69, 9.17) is 0 Å². The zero-order valence-corrected chi connectivity index (χ0v) is 12.7. The van der Waals surface area contributed by atoms with E-state index >= 15 is 0 Å². The van der Waals surface area contributed by atoms with Crippen molar-refractivity contribution in [3.8, 4) is 0 Å². The molecule has 2 rings (SSSR count). The van der Waals surface area contributed by atoms with Crippen molar-refractivity contribution in [2.45, 2.75) is 27.7 Å². The first kappa shape index (κ1) is 15.9. The minimum Gasteiger partial charge on any atom is -0.277 e. The Balaban J connectivity index is 0.000000956. The summed E-state index contributed by atoms with van der Waals surface area (Å²) < 4.78 is 0. The number of hydrogen-bond acceptors (Lipinski definition) is 2. The quantitative estimate of drug-likeness (QED) is 0.576. The molecule has 0 N–H and O–H groups in total. The van der Waals surface area contributed by atoms with Crippen molar-refractivity contribution in [3.63, 3.8) is 0 Å². The summed E-state index contributed by atoms with van der Waals surface area (Å²) in [7, 11) is 1.51. The highest BCUT2D eigenvalue weighted by atomic mass is 16.2. The maximum atomic E-state index is 12.1. The molecule has 1 aromatic rings. The van der Waals surface area contributed by atoms with Crippen LogP contribution in [0.2, 0.25) is 0 Å². The van der Waals surface area contributed by atoms with Gasteiger partial charge in [-0.3, -0.25) is 14.5 Å². The van der Waals surface area contributed by atoms with Crippen molar-refractivity contribution >= 4 is 23.5 Å². The molecule has 3 nitrogen and oxygen atoms in total. The minimum atomic E-state index is -0.244. The summed E-state index contributed by atoms with van der Waals surface area (Å²) in [5, 5.41) is 0. The second-order valence-electron chi connectivity index (χ2n) is 4.14. The molecule has 106 valence electrons. The molecule has 0 radical (unpaired) electrons. The first-order valence-electron chi connectivity index (χ1n) is 6.86. The molecule has 2 amide bonds. The fraction of sp³-hybridized carbons (Fsp3) is 0.294. The fourth-order valence-corrected chi connectivity index (χ4v) is 2.20. The molecule has 0 unspecified atom stereocenters. The number of nitrogens with zero attached hydrogens (tertiary/aromatic N) is 1. The highest BCUT2D eigenvalue weighted by Gasteiger charge is 2.32. The molecule has 0 bridgehead atoms. The zero-order chi connectivity index (χ0) is 15.3. The molecular weight excluding hydrogens is 250 g/mol. The van der Waals surface area contributed by atoms with E-state index in [0.29, 0.717) is 11.1 Å². The van der Waals surface area contributed by atoms with E-state index in [-0.39, 0.29) is 11.8 Å². The lowest BCUT2D eigenvalue weighted by atomic mass is 9.89. The largest absolute Gasteiger partial charge is 0.277 e. The highest BCUT2D eigenvalue weighted by molar-refractivity contribution is 6.31. The molecule has 3 heteroatoms. The second kappa shape index (κ2) is 6.85. The van der Waals surface area contributed by atoms with E-state index in [2.05, 4.69) is 0 Å². The third-order valence-electron chi connectivity index (χ3n) is 3.07. The van der Waals surface area contributed by atoms with Crippen LogP contribution in [-0.2, 0) is 4.79 Å². The van der Waals surface area contributed by atoms with Gasteiger partial charge in [-0.25, -0.2) is 0 Å². The number of likely N-dealkylation sites (N-methyl/N-ethyl adjacent to an activating group) is 1. The van der Waals surface area contributed by atoms with Gasteiger partial charge < -0.3 is 0 Å². The first-order chi connectivity index (χ1) is 9.61. The Labute approximate surface area is 120 Å². The van der Waals surface area contributed by atoms with Crippen LogP contribution < -0.4 is 0 Å². The van der Waals surface area contributed by atoms with Crippen molar-refractivity contribution in [1.29, 1.82) is 0 Å². The molecule has 1 aromatic carbocycles. The molecule has 20 heavy (non-hydrogen) atoms. The smallest absolute Gasteiger partial charge is 0.261 e. The van der Waals surface area contributed by atoms with E-state index in [0.717, 1.165) is 16.0 Å². The van der Waals surface area contributed by atoms with Crippen LogP contribution in [0.1, 0.15) is 49.2 Å². The van der Waals surface area contributed by atoms with E-state index in [1.54, 1.807) is 12.1 Å². The van der Waals surface area contributed by atoms with Crippen molar-refractivity contribution < 1.29 is 9.59 Å². The monoisotopic (exact) mass is 271 g/mol. The van der Waals surface area contributed by atoms with E-state index in [9.17, 15) is 9.59 Å². The Bertz CT molecular complexity index is 583. The van der Waals surface area contributed by atoms with Crippen LogP contribution >= 0.6 is 0 Å². The Morgan fingerprint density at radius 1 is 1.05 bits per heavy atom. The minimum absolute atomic E-state index is 0.244.